The number of hydrogen-bond acceptors (Lipinski definition) is 3. The number of ether oxygens (including phenoxy) is 1. The van der Waals surface area contributed by atoms with Gasteiger partial charge in [0.15, 0.2) is 0 Å². The van der Waals surface area contributed by atoms with E-state index < -0.39 is 11.3 Å². The van der Waals surface area contributed by atoms with Crippen LogP contribution in [0.15, 0.2) is 42.5 Å². The number of nitrogens with zero attached hydrogens (tertiary/aromatic N) is 1. The van der Waals surface area contributed by atoms with Crippen LogP contribution in [-0.4, -0.2) is 29.4 Å². The molecule has 1 rings (SSSR count). The summed E-state index contributed by atoms with van der Waals surface area (Å²) in [6, 6.07) is 9.31. The van der Waals surface area contributed by atoms with Crippen LogP contribution in [0.5, 0.6) is 0 Å². The van der Waals surface area contributed by atoms with Gasteiger partial charge in [-0.05, 0) is 24.1 Å². The van der Waals surface area contributed by atoms with E-state index >= 15 is 0 Å². The van der Waals surface area contributed by atoms with Crippen LogP contribution in [0.3, 0.4) is 0 Å². The standard InChI is InChI=1S/C14H16ClNO3/c1-2-3-9-19-13(17)11-16(14(15)18)10-12-7-5-4-6-8-12/h2-8H,9-11H2,1H3. The molecule has 0 unspecified atom stereocenters. The molecular formula is C14H16ClNO3. The fraction of sp³-hybridized carbons (Fsp3) is 0.286. The fourth-order valence-electron chi connectivity index (χ4n) is 1.42. The highest BCUT2D eigenvalue weighted by Gasteiger charge is 2.16. The highest BCUT2D eigenvalue weighted by atomic mass is 35.5. The van der Waals surface area contributed by atoms with E-state index in [0.717, 1.165) is 5.56 Å². The van der Waals surface area contributed by atoms with Gasteiger partial charge in [-0.25, -0.2) is 0 Å². The van der Waals surface area contributed by atoms with Crippen LogP contribution >= 0.6 is 11.6 Å². The number of allylic oxidation sites excluding steroid dienone is 1. The Morgan fingerprint density at radius 3 is 2.58 bits per heavy atom. The molecule has 0 bridgehead atoms. The summed E-state index contributed by atoms with van der Waals surface area (Å²) >= 11 is 5.46. The Labute approximate surface area is 117 Å². The minimum Gasteiger partial charge on any atom is -0.460 e. The molecule has 0 aromatic heterocycles. The highest BCUT2D eigenvalue weighted by molar-refractivity contribution is 6.62. The van der Waals surface area contributed by atoms with Gasteiger partial charge in [-0.3, -0.25) is 9.59 Å². The Bertz CT molecular complexity index is 445. The van der Waals surface area contributed by atoms with Gasteiger partial charge < -0.3 is 9.64 Å². The summed E-state index contributed by atoms with van der Waals surface area (Å²) in [5.74, 6) is -0.483. The number of amides is 1. The van der Waals surface area contributed by atoms with Crippen molar-refractivity contribution in [2.75, 3.05) is 13.2 Å². The topological polar surface area (TPSA) is 46.6 Å². The van der Waals surface area contributed by atoms with Crippen molar-refractivity contribution in [1.82, 2.24) is 4.90 Å². The second kappa shape index (κ2) is 8.32. The largest absolute Gasteiger partial charge is 0.460 e. The van der Waals surface area contributed by atoms with Crippen molar-refractivity contribution in [3.8, 4) is 0 Å². The van der Waals surface area contributed by atoms with E-state index in [-0.39, 0.29) is 19.7 Å². The molecule has 19 heavy (non-hydrogen) atoms. The number of halogens is 1. The van der Waals surface area contributed by atoms with E-state index in [1.54, 1.807) is 12.2 Å². The van der Waals surface area contributed by atoms with Gasteiger partial charge in [-0.15, -0.1) is 0 Å². The van der Waals surface area contributed by atoms with Crippen molar-refractivity contribution >= 4 is 22.9 Å². The molecule has 0 aliphatic heterocycles. The summed E-state index contributed by atoms with van der Waals surface area (Å²) in [5, 5.41) is -0.674. The number of esters is 1. The first-order chi connectivity index (χ1) is 9.13. The molecule has 1 aromatic rings. The van der Waals surface area contributed by atoms with Crippen LogP contribution in [0.1, 0.15) is 12.5 Å². The molecule has 4 nitrogen and oxygen atoms in total. The molecule has 0 N–H and O–H groups in total. The van der Waals surface area contributed by atoms with E-state index in [4.69, 9.17) is 16.3 Å². The first kappa shape index (κ1) is 15.2. The van der Waals surface area contributed by atoms with Crippen molar-refractivity contribution in [1.29, 1.82) is 0 Å². The van der Waals surface area contributed by atoms with E-state index in [9.17, 15) is 9.59 Å². The third-order valence-electron chi connectivity index (χ3n) is 2.36. The Balaban J connectivity index is 2.54. The maximum absolute atomic E-state index is 11.5. The van der Waals surface area contributed by atoms with E-state index in [1.807, 2.05) is 37.3 Å². The Kier molecular flexibility index (Phi) is 6.68. The van der Waals surface area contributed by atoms with E-state index in [0.29, 0.717) is 0 Å². The third kappa shape index (κ3) is 6.06. The maximum atomic E-state index is 11.5. The molecule has 0 saturated carbocycles. The first-order valence-electron chi connectivity index (χ1n) is 5.88. The molecule has 0 aliphatic carbocycles. The SMILES string of the molecule is CC=CCOC(=O)CN(Cc1ccccc1)C(=O)Cl. The van der Waals surface area contributed by atoms with Gasteiger partial charge in [0.25, 0.3) is 0 Å². The molecule has 0 saturated heterocycles. The summed E-state index contributed by atoms with van der Waals surface area (Å²) < 4.78 is 4.92. The van der Waals surface area contributed by atoms with Crippen molar-refractivity contribution in [2.45, 2.75) is 13.5 Å². The van der Waals surface area contributed by atoms with E-state index in [1.165, 1.54) is 4.90 Å². The summed E-state index contributed by atoms with van der Waals surface area (Å²) in [7, 11) is 0. The summed E-state index contributed by atoms with van der Waals surface area (Å²) in [6.07, 6.45) is 3.49. The summed E-state index contributed by atoms with van der Waals surface area (Å²) in [5.41, 5.74) is 0.901. The molecule has 0 atom stereocenters. The van der Waals surface area contributed by atoms with Crippen molar-refractivity contribution in [2.24, 2.45) is 0 Å². The van der Waals surface area contributed by atoms with Gasteiger partial charge in [0.1, 0.15) is 13.2 Å². The van der Waals surface area contributed by atoms with Crippen LogP contribution in [0, 0.1) is 0 Å². The second-order valence-electron chi connectivity index (χ2n) is 3.85. The lowest BCUT2D eigenvalue weighted by Gasteiger charge is -2.18. The number of carbonyl (C=O) groups is 2. The Morgan fingerprint density at radius 2 is 2.00 bits per heavy atom. The Morgan fingerprint density at radius 1 is 1.32 bits per heavy atom. The minimum atomic E-state index is -0.674. The monoisotopic (exact) mass is 281 g/mol. The van der Waals surface area contributed by atoms with Crippen LogP contribution in [0.25, 0.3) is 0 Å². The molecule has 5 heteroatoms. The van der Waals surface area contributed by atoms with Gasteiger partial charge in [0, 0.05) is 6.54 Å². The van der Waals surface area contributed by atoms with E-state index in [2.05, 4.69) is 0 Å². The van der Waals surface area contributed by atoms with Crippen LogP contribution in [0.2, 0.25) is 0 Å². The molecule has 0 heterocycles. The maximum Gasteiger partial charge on any atom is 0.326 e. The average molecular weight is 282 g/mol. The molecule has 102 valence electrons. The highest BCUT2D eigenvalue weighted by Crippen LogP contribution is 2.07. The van der Waals surface area contributed by atoms with Gasteiger partial charge in [0.2, 0.25) is 0 Å². The van der Waals surface area contributed by atoms with Crippen molar-refractivity contribution in [3.05, 3.63) is 48.0 Å². The molecule has 1 aromatic carbocycles. The van der Waals surface area contributed by atoms with Crippen LogP contribution < -0.4 is 0 Å². The molecule has 1 amide bonds. The number of hydrogen-bond donors (Lipinski definition) is 0. The van der Waals surface area contributed by atoms with Crippen LogP contribution in [-0.2, 0) is 16.1 Å². The number of benzene rings is 1. The number of carbonyl (C=O) groups excluding carboxylic acids is 2. The zero-order chi connectivity index (χ0) is 14.1. The lowest BCUT2D eigenvalue weighted by molar-refractivity contribution is -0.143. The van der Waals surface area contributed by atoms with Crippen molar-refractivity contribution < 1.29 is 14.3 Å². The van der Waals surface area contributed by atoms with Gasteiger partial charge in [-0.1, -0.05) is 42.5 Å². The number of rotatable bonds is 6. The summed E-state index contributed by atoms with van der Waals surface area (Å²) in [6.45, 7) is 2.15. The lowest BCUT2D eigenvalue weighted by atomic mass is 10.2. The predicted octanol–water partition coefficient (Wildman–Crippen LogP) is 2.97. The smallest absolute Gasteiger partial charge is 0.326 e. The van der Waals surface area contributed by atoms with Gasteiger partial charge in [-0.2, -0.15) is 0 Å². The zero-order valence-corrected chi connectivity index (χ0v) is 11.5. The van der Waals surface area contributed by atoms with Crippen molar-refractivity contribution in [3.63, 3.8) is 0 Å². The minimum absolute atomic E-state index is 0.158. The normalized spacial score (nSPS) is 10.4. The quantitative estimate of drug-likeness (QED) is 0.349. The fourth-order valence-corrected chi connectivity index (χ4v) is 1.54. The van der Waals surface area contributed by atoms with Crippen LogP contribution in [0.4, 0.5) is 4.79 Å². The van der Waals surface area contributed by atoms with Gasteiger partial charge in [0.05, 0.1) is 0 Å². The Hall–Kier alpha value is -1.81. The predicted molar refractivity (Wildman–Crippen MR) is 73.9 cm³/mol. The molecular weight excluding hydrogens is 266 g/mol. The molecule has 0 radical (unpaired) electrons. The molecule has 0 aliphatic rings. The molecule has 0 fully saturated rings. The first-order valence-corrected chi connectivity index (χ1v) is 6.26. The third-order valence-corrected chi connectivity index (χ3v) is 2.60. The average Bonchev–Trinajstić information content (AvgIpc) is 2.39. The van der Waals surface area contributed by atoms with Gasteiger partial charge >= 0.3 is 11.3 Å². The zero-order valence-electron chi connectivity index (χ0n) is 10.7. The molecule has 0 spiro atoms. The second-order valence-corrected chi connectivity index (χ2v) is 4.17. The summed E-state index contributed by atoms with van der Waals surface area (Å²) in [4.78, 5) is 24.0. The lowest BCUT2D eigenvalue weighted by Crippen LogP contribution is -2.32.